The summed E-state index contributed by atoms with van der Waals surface area (Å²) < 4.78 is 5.97. The molecule has 18 heavy (non-hydrogen) atoms. The largest absolute Gasteiger partial charge is 0.375 e. The highest BCUT2D eigenvalue weighted by molar-refractivity contribution is 5.79. The Balaban J connectivity index is 1.91. The van der Waals surface area contributed by atoms with Crippen LogP contribution in [0, 0.1) is 0 Å². The third-order valence-electron chi connectivity index (χ3n) is 4.12. The van der Waals surface area contributed by atoms with Gasteiger partial charge in [-0.1, -0.05) is 13.8 Å². The van der Waals surface area contributed by atoms with E-state index in [4.69, 9.17) is 10.6 Å². The van der Waals surface area contributed by atoms with Crippen LogP contribution < -0.4 is 16.6 Å². The first-order chi connectivity index (χ1) is 8.71. The van der Waals surface area contributed by atoms with Crippen LogP contribution in [-0.2, 0) is 4.74 Å². The van der Waals surface area contributed by atoms with E-state index >= 15 is 0 Å². The molecule has 104 valence electrons. The second kappa shape index (κ2) is 5.89. The number of aliphatic imine (C=N–C) groups is 1. The average Bonchev–Trinajstić information content (AvgIpc) is 3.22. The van der Waals surface area contributed by atoms with Gasteiger partial charge in [-0.15, -0.1) is 0 Å². The molecule has 1 saturated carbocycles. The molecule has 1 aliphatic carbocycles. The van der Waals surface area contributed by atoms with Crippen LogP contribution in [0.2, 0.25) is 0 Å². The minimum Gasteiger partial charge on any atom is -0.375 e. The standard InChI is InChI=1S/C13H26N4O/c1-3-13(4-2)9-11(7-8-18-13)16-12(17-14)15-10-5-6-10/h10-11H,3-9,14H2,1-2H3,(H2,15,16,17). The van der Waals surface area contributed by atoms with E-state index in [2.05, 4.69) is 29.6 Å². The maximum absolute atomic E-state index is 5.97. The zero-order chi connectivity index (χ0) is 13.0. The van der Waals surface area contributed by atoms with Crippen molar-refractivity contribution in [2.75, 3.05) is 6.61 Å². The second-order valence-corrected chi connectivity index (χ2v) is 5.43. The fraction of sp³-hybridized carbons (Fsp3) is 0.923. The number of nitrogens with two attached hydrogens (primary N) is 1. The van der Waals surface area contributed by atoms with Gasteiger partial charge < -0.3 is 10.1 Å². The van der Waals surface area contributed by atoms with E-state index < -0.39 is 0 Å². The lowest BCUT2D eigenvalue weighted by atomic mass is 9.86. The van der Waals surface area contributed by atoms with Crippen molar-refractivity contribution in [3.8, 4) is 0 Å². The first-order valence-corrected chi connectivity index (χ1v) is 7.16. The Morgan fingerprint density at radius 3 is 2.61 bits per heavy atom. The molecule has 0 aromatic heterocycles. The molecule has 0 spiro atoms. The van der Waals surface area contributed by atoms with Crippen LogP contribution in [0.3, 0.4) is 0 Å². The predicted octanol–water partition coefficient (Wildman–Crippen LogP) is 1.30. The molecule has 5 nitrogen and oxygen atoms in total. The van der Waals surface area contributed by atoms with Gasteiger partial charge in [-0.2, -0.15) is 0 Å². The molecule has 5 heteroatoms. The zero-order valence-electron chi connectivity index (χ0n) is 11.5. The first-order valence-electron chi connectivity index (χ1n) is 7.16. The number of hydrogen-bond acceptors (Lipinski definition) is 3. The molecule has 0 aromatic rings. The number of guanidine groups is 1. The van der Waals surface area contributed by atoms with Crippen LogP contribution in [0.1, 0.15) is 52.4 Å². The van der Waals surface area contributed by atoms with Crippen molar-refractivity contribution >= 4 is 5.96 Å². The van der Waals surface area contributed by atoms with Gasteiger partial charge in [0.2, 0.25) is 5.96 Å². The second-order valence-electron chi connectivity index (χ2n) is 5.43. The zero-order valence-corrected chi connectivity index (χ0v) is 11.5. The van der Waals surface area contributed by atoms with Gasteiger partial charge in [-0.3, -0.25) is 5.43 Å². The van der Waals surface area contributed by atoms with E-state index in [1.54, 1.807) is 0 Å². The van der Waals surface area contributed by atoms with Crippen molar-refractivity contribution in [1.82, 2.24) is 10.7 Å². The number of rotatable bonds is 4. The first kappa shape index (κ1) is 13.6. The van der Waals surface area contributed by atoms with Crippen LogP contribution in [0.25, 0.3) is 0 Å². The molecule has 1 saturated heterocycles. The van der Waals surface area contributed by atoms with E-state index in [-0.39, 0.29) is 5.60 Å². The molecular weight excluding hydrogens is 228 g/mol. The molecule has 0 amide bonds. The smallest absolute Gasteiger partial charge is 0.206 e. The Morgan fingerprint density at radius 1 is 1.33 bits per heavy atom. The topological polar surface area (TPSA) is 71.7 Å². The molecule has 1 aliphatic heterocycles. The van der Waals surface area contributed by atoms with Crippen LogP contribution in [0.4, 0.5) is 0 Å². The summed E-state index contributed by atoms with van der Waals surface area (Å²) in [5.74, 6) is 6.27. The summed E-state index contributed by atoms with van der Waals surface area (Å²) in [5.41, 5.74) is 2.72. The van der Waals surface area contributed by atoms with Crippen molar-refractivity contribution in [2.45, 2.75) is 70.1 Å². The lowest BCUT2D eigenvalue weighted by molar-refractivity contribution is -0.0910. The van der Waals surface area contributed by atoms with E-state index in [0.717, 1.165) is 38.2 Å². The fourth-order valence-corrected chi connectivity index (χ4v) is 2.59. The van der Waals surface area contributed by atoms with Crippen molar-refractivity contribution in [3.05, 3.63) is 0 Å². The van der Waals surface area contributed by atoms with Gasteiger partial charge in [0.15, 0.2) is 0 Å². The number of ether oxygens (including phenoxy) is 1. The number of hydrogen-bond donors (Lipinski definition) is 3. The van der Waals surface area contributed by atoms with Gasteiger partial charge in [-0.25, -0.2) is 10.8 Å². The van der Waals surface area contributed by atoms with Crippen LogP contribution in [-0.4, -0.2) is 30.3 Å². The quantitative estimate of drug-likeness (QED) is 0.306. The third kappa shape index (κ3) is 3.36. The van der Waals surface area contributed by atoms with E-state index in [0.29, 0.717) is 12.1 Å². The molecule has 1 unspecified atom stereocenters. The monoisotopic (exact) mass is 254 g/mol. The summed E-state index contributed by atoms with van der Waals surface area (Å²) in [6.45, 7) is 5.22. The average molecular weight is 254 g/mol. The highest BCUT2D eigenvalue weighted by atomic mass is 16.5. The number of nitrogens with zero attached hydrogens (tertiary/aromatic N) is 1. The third-order valence-corrected chi connectivity index (χ3v) is 4.12. The predicted molar refractivity (Wildman–Crippen MR) is 73.2 cm³/mol. The SMILES string of the molecule is CCC1(CC)CC(NC(=NC2CC2)NN)CCO1. The van der Waals surface area contributed by atoms with Crippen LogP contribution in [0.15, 0.2) is 4.99 Å². The van der Waals surface area contributed by atoms with E-state index in [1.165, 1.54) is 12.8 Å². The lowest BCUT2D eigenvalue weighted by Crippen LogP contribution is -2.52. The van der Waals surface area contributed by atoms with Gasteiger partial charge in [0, 0.05) is 12.6 Å². The Morgan fingerprint density at radius 2 is 2.06 bits per heavy atom. The fourth-order valence-electron chi connectivity index (χ4n) is 2.59. The number of hydrazine groups is 1. The maximum atomic E-state index is 5.97. The van der Waals surface area contributed by atoms with Crippen LogP contribution >= 0.6 is 0 Å². The molecule has 2 rings (SSSR count). The summed E-state index contributed by atoms with van der Waals surface area (Å²) >= 11 is 0. The van der Waals surface area contributed by atoms with Crippen molar-refractivity contribution in [2.24, 2.45) is 10.8 Å². The molecule has 1 atom stereocenters. The normalized spacial score (nSPS) is 27.9. The molecular formula is C13H26N4O. The Hall–Kier alpha value is -0.810. The summed E-state index contributed by atoms with van der Waals surface area (Å²) in [6, 6.07) is 0.887. The van der Waals surface area contributed by atoms with Gasteiger partial charge in [0.25, 0.3) is 0 Å². The maximum Gasteiger partial charge on any atom is 0.206 e. The highest BCUT2D eigenvalue weighted by Gasteiger charge is 2.35. The van der Waals surface area contributed by atoms with Gasteiger partial charge in [-0.05, 0) is 38.5 Å². The molecule has 4 N–H and O–H groups in total. The summed E-state index contributed by atoms with van der Waals surface area (Å²) in [6.07, 6.45) is 6.56. The van der Waals surface area contributed by atoms with Gasteiger partial charge in [0.05, 0.1) is 11.6 Å². The van der Waals surface area contributed by atoms with E-state index in [9.17, 15) is 0 Å². The minimum atomic E-state index is 0.0369. The lowest BCUT2D eigenvalue weighted by Gasteiger charge is -2.40. The Kier molecular flexibility index (Phi) is 4.45. The van der Waals surface area contributed by atoms with Gasteiger partial charge in [0.1, 0.15) is 0 Å². The van der Waals surface area contributed by atoms with E-state index in [1.807, 2.05) is 0 Å². The minimum absolute atomic E-state index is 0.0369. The summed E-state index contributed by atoms with van der Waals surface area (Å²) in [5, 5.41) is 3.43. The summed E-state index contributed by atoms with van der Waals surface area (Å²) in [4.78, 5) is 4.53. The molecule has 2 aliphatic rings. The van der Waals surface area contributed by atoms with Crippen LogP contribution in [0.5, 0.6) is 0 Å². The Labute approximate surface area is 110 Å². The molecule has 0 radical (unpaired) electrons. The molecule has 0 bridgehead atoms. The summed E-state index contributed by atoms with van der Waals surface area (Å²) in [7, 11) is 0. The molecule has 2 fully saturated rings. The number of nitrogens with one attached hydrogen (secondary N) is 2. The van der Waals surface area contributed by atoms with Gasteiger partial charge >= 0.3 is 0 Å². The molecule has 0 aromatic carbocycles. The van der Waals surface area contributed by atoms with Crippen molar-refractivity contribution in [1.29, 1.82) is 0 Å². The molecule has 1 heterocycles. The Bertz CT molecular complexity index is 297. The van der Waals surface area contributed by atoms with Crippen molar-refractivity contribution in [3.63, 3.8) is 0 Å². The van der Waals surface area contributed by atoms with Crippen molar-refractivity contribution < 1.29 is 4.74 Å². The highest BCUT2D eigenvalue weighted by Crippen LogP contribution is 2.31.